The molecule has 0 bridgehead atoms. The minimum absolute atomic E-state index is 0.374. The molecule has 0 saturated heterocycles. The van der Waals surface area contributed by atoms with Gasteiger partial charge in [-0.25, -0.2) is 9.97 Å². The second kappa shape index (κ2) is 4.86. The molecule has 1 heterocycles. The Kier molecular flexibility index (Phi) is 3.43. The highest BCUT2D eigenvalue weighted by molar-refractivity contribution is 5.66. The number of benzene rings is 1. The summed E-state index contributed by atoms with van der Waals surface area (Å²) in [5.41, 5.74) is 12.6. The number of hydrogen-bond donors (Lipinski definition) is 1. The molecule has 2 rings (SSSR count). The molecule has 0 spiro atoms. The van der Waals surface area contributed by atoms with Crippen LogP contribution < -0.4 is 5.73 Å². The van der Waals surface area contributed by atoms with Crippen LogP contribution in [-0.4, -0.2) is 9.97 Å². The van der Waals surface area contributed by atoms with Crippen molar-refractivity contribution in [3.63, 3.8) is 0 Å². The smallest absolute Gasteiger partial charge is 0.142 e. The van der Waals surface area contributed by atoms with Gasteiger partial charge in [0.2, 0.25) is 0 Å². The first-order chi connectivity index (χ1) is 8.52. The standard InChI is InChI=1S/C15H19N3/c1-9-5-6-13(12(4)11(9)3)14-7-10(2)17-15(8-16)18-14/h5-7H,8,16H2,1-4H3. The molecule has 0 aliphatic rings. The van der Waals surface area contributed by atoms with Crippen molar-refractivity contribution >= 4 is 0 Å². The maximum atomic E-state index is 5.63. The Labute approximate surface area is 108 Å². The van der Waals surface area contributed by atoms with E-state index < -0.39 is 0 Å². The van der Waals surface area contributed by atoms with Gasteiger partial charge >= 0.3 is 0 Å². The summed E-state index contributed by atoms with van der Waals surface area (Å²) < 4.78 is 0. The molecule has 3 heteroatoms. The summed E-state index contributed by atoms with van der Waals surface area (Å²) >= 11 is 0. The highest BCUT2D eigenvalue weighted by Crippen LogP contribution is 2.26. The summed E-state index contributed by atoms with van der Waals surface area (Å²) in [5.74, 6) is 0.697. The van der Waals surface area contributed by atoms with Gasteiger partial charge in [-0.3, -0.25) is 0 Å². The molecule has 94 valence electrons. The number of rotatable bonds is 2. The third-order valence-corrected chi connectivity index (χ3v) is 3.42. The van der Waals surface area contributed by atoms with Crippen molar-refractivity contribution in [3.8, 4) is 11.3 Å². The van der Waals surface area contributed by atoms with Crippen LogP contribution in [0.4, 0.5) is 0 Å². The summed E-state index contributed by atoms with van der Waals surface area (Å²) in [4.78, 5) is 8.83. The average Bonchev–Trinajstić information content (AvgIpc) is 2.35. The molecule has 0 unspecified atom stereocenters. The summed E-state index contributed by atoms with van der Waals surface area (Å²) in [6.45, 7) is 8.76. The lowest BCUT2D eigenvalue weighted by molar-refractivity contribution is 0.894. The lowest BCUT2D eigenvalue weighted by atomic mass is 9.96. The Morgan fingerprint density at radius 2 is 1.72 bits per heavy atom. The van der Waals surface area contributed by atoms with Crippen LogP contribution >= 0.6 is 0 Å². The van der Waals surface area contributed by atoms with E-state index in [0.717, 1.165) is 11.4 Å². The number of hydrogen-bond acceptors (Lipinski definition) is 3. The first-order valence-electron chi connectivity index (χ1n) is 6.14. The van der Waals surface area contributed by atoms with E-state index in [2.05, 4.69) is 42.9 Å². The van der Waals surface area contributed by atoms with E-state index in [1.807, 2.05) is 13.0 Å². The van der Waals surface area contributed by atoms with Crippen LogP contribution in [0.25, 0.3) is 11.3 Å². The fraction of sp³-hybridized carbons (Fsp3) is 0.333. The summed E-state index contributed by atoms with van der Waals surface area (Å²) in [6.07, 6.45) is 0. The SMILES string of the molecule is Cc1cc(-c2ccc(C)c(C)c2C)nc(CN)n1. The molecular weight excluding hydrogens is 222 g/mol. The van der Waals surface area contributed by atoms with Crippen LogP contribution in [0.5, 0.6) is 0 Å². The molecule has 2 N–H and O–H groups in total. The van der Waals surface area contributed by atoms with Gasteiger partial charge < -0.3 is 5.73 Å². The Hall–Kier alpha value is -1.74. The molecule has 0 aliphatic carbocycles. The first-order valence-corrected chi connectivity index (χ1v) is 6.14. The predicted molar refractivity (Wildman–Crippen MR) is 74.3 cm³/mol. The van der Waals surface area contributed by atoms with Crippen LogP contribution in [-0.2, 0) is 6.54 Å². The largest absolute Gasteiger partial charge is 0.324 e. The van der Waals surface area contributed by atoms with Crippen molar-refractivity contribution in [2.45, 2.75) is 34.2 Å². The molecule has 1 aromatic heterocycles. The monoisotopic (exact) mass is 241 g/mol. The van der Waals surface area contributed by atoms with Crippen LogP contribution in [0.15, 0.2) is 18.2 Å². The first kappa shape index (κ1) is 12.7. The van der Waals surface area contributed by atoms with E-state index in [9.17, 15) is 0 Å². The van der Waals surface area contributed by atoms with Crippen molar-refractivity contribution in [1.82, 2.24) is 9.97 Å². The zero-order valence-electron chi connectivity index (χ0n) is 11.4. The molecular formula is C15H19N3. The van der Waals surface area contributed by atoms with Crippen molar-refractivity contribution in [2.75, 3.05) is 0 Å². The van der Waals surface area contributed by atoms with Gasteiger partial charge in [0.15, 0.2) is 0 Å². The van der Waals surface area contributed by atoms with Crippen LogP contribution in [0.3, 0.4) is 0 Å². The van der Waals surface area contributed by atoms with Gasteiger partial charge in [-0.15, -0.1) is 0 Å². The van der Waals surface area contributed by atoms with E-state index in [-0.39, 0.29) is 0 Å². The molecule has 18 heavy (non-hydrogen) atoms. The fourth-order valence-corrected chi connectivity index (χ4v) is 2.09. The Morgan fingerprint density at radius 3 is 2.39 bits per heavy atom. The van der Waals surface area contributed by atoms with Gasteiger partial charge in [0, 0.05) is 11.3 Å². The zero-order valence-corrected chi connectivity index (χ0v) is 11.4. The minimum atomic E-state index is 0.374. The number of nitrogens with two attached hydrogens (primary N) is 1. The van der Waals surface area contributed by atoms with Crippen molar-refractivity contribution in [3.05, 3.63) is 46.4 Å². The molecule has 0 saturated carbocycles. The van der Waals surface area contributed by atoms with Gasteiger partial charge in [-0.05, 0) is 50.5 Å². The topological polar surface area (TPSA) is 51.8 Å². The molecule has 0 radical (unpaired) electrons. The van der Waals surface area contributed by atoms with Gasteiger partial charge in [0.25, 0.3) is 0 Å². The number of aryl methyl sites for hydroxylation is 2. The van der Waals surface area contributed by atoms with Gasteiger partial charge in [-0.2, -0.15) is 0 Å². The number of nitrogens with zero attached hydrogens (tertiary/aromatic N) is 2. The second-order valence-electron chi connectivity index (χ2n) is 4.69. The van der Waals surface area contributed by atoms with Gasteiger partial charge in [0.05, 0.1) is 12.2 Å². The van der Waals surface area contributed by atoms with E-state index in [1.54, 1.807) is 0 Å². The Bertz CT molecular complexity index is 589. The van der Waals surface area contributed by atoms with Crippen LogP contribution in [0.2, 0.25) is 0 Å². The minimum Gasteiger partial charge on any atom is -0.324 e. The van der Waals surface area contributed by atoms with E-state index in [0.29, 0.717) is 12.4 Å². The van der Waals surface area contributed by atoms with Crippen molar-refractivity contribution in [1.29, 1.82) is 0 Å². The molecule has 2 aromatic rings. The summed E-state index contributed by atoms with van der Waals surface area (Å²) in [6, 6.07) is 6.27. The maximum Gasteiger partial charge on any atom is 0.142 e. The Balaban J connectivity index is 2.62. The van der Waals surface area contributed by atoms with E-state index >= 15 is 0 Å². The molecule has 0 amide bonds. The third kappa shape index (κ3) is 2.27. The average molecular weight is 241 g/mol. The van der Waals surface area contributed by atoms with E-state index in [1.165, 1.54) is 22.3 Å². The van der Waals surface area contributed by atoms with Gasteiger partial charge in [-0.1, -0.05) is 12.1 Å². The Morgan fingerprint density at radius 1 is 1.00 bits per heavy atom. The third-order valence-electron chi connectivity index (χ3n) is 3.42. The highest BCUT2D eigenvalue weighted by atomic mass is 14.9. The van der Waals surface area contributed by atoms with Crippen molar-refractivity contribution in [2.24, 2.45) is 5.73 Å². The second-order valence-corrected chi connectivity index (χ2v) is 4.69. The highest BCUT2D eigenvalue weighted by Gasteiger charge is 2.09. The summed E-state index contributed by atoms with van der Waals surface area (Å²) in [5, 5.41) is 0. The van der Waals surface area contributed by atoms with Gasteiger partial charge in [0.1, 0.15) is 5.82 Å². The van der Waals surface area contributed by atoms with Crippen molar-refractivity contribution < 1.29 is 0 Å². The summed E-state index contributed by atoms with van der Waals surface area (Å²) in [7, 11) is 0. The lowest BCUT2D eigenvalue weighted by Gasteiger charge is -2.12. The molecule has 0 fully saturated rings. The molecule has 0 atom stereocenters. The quantitative estimate of drug-likeness (QED) is 0.879. The normalized spacial score (nSPS) is 10.7. The number of aromatic nitrogens is 2. The lowest BCUT2D eigenvalue weighted by Crippen LogP contribution is -2.05. The van der Waals surface area contributed by atoms with Crippen LogP contribution in [0, 0.1) is 27.7 Å². The maximum absolute atomic E-state index is 5.63. The van der Waals surface area contributed by atoms with Crippen LogP contribution in [0.1, 0.15) is 28.2 Å². The zero-order chi connectivity index (χ0) is 13.3. The van der Waals surface area contributed by atoms with E-state index in [4.69, 9.17) is 5.73 Å². The molecule has 1 aromatic carbocycles. The fourth-order valence-electron chi connectivity index (χ4n) is 2.09. The molecule has 3 nitrogen and oxygen atoms in total. The predicted octanol–water partition coefficient (Wildman–Crippen LogP) is 2.84. The molecule has 0 aliphatic heterocycles.